The van der Waals surface area contributed by atoms with Crippen LogP contribution in [0.15, 0.2) is 24.3 Å². The molecule has 0 aromatic heterocycles. The van der Waals surface area contributed by atoms with Gasteiger partial charge in [0, 0.05) is 18.1 Å². The molecule has 0 spiro atoms. The minimum absolute atomic E-state index is 0.120. The molecule has 1 aromatic rings. The summed E-state index contributed by atoms with van der Waals surface area (Å²) in [5.41, 5.74) is 0.737. The fourth-order valence-corrected chi connectivity index (χ4v) is 2.10. The fourth-order valence-electron chi connectivity index (χ4n) is 2.10. The molecule has 3 nitrogen and oxygen atoms in total. The normalized spacial score (nSPS) is 13.8. The Morgan fingerprint density at radius 3 is 2.65 bits per heavy atom. The Balaban J connectivity index is 2.69. The number of hydrogen-bond acceptors (Lipinski definition) is 3. The van der Waals surface area contributed by atoms with Gasteiger partial charge in [-0.3, -0.25) is 4.90 Å². The molecule has 20 heavy (non-hydrogen) atoms. The van der Waals surface area contributed by atoms with Crippen LogP contribution in [0.1, 0.15) is 38.8 Å². The van der Waals surface area contributed by atoms with E-state index in [-0.39, 0.29) is 24.0 Å². The Bertz CT molecular complexity index is 409. The molecule has 0 aliphatic rings. The Morgan fingerprint density at radius 2 is 2.10 bits per heavy atom. The van der Waals surface area contributed by atoms with Gasteiger partial charge in [-0.2, -0.15) is 0 Å². The first kappa shape index (κ1) is 17.1. The fraction of sp³-hybridized carbons (Fsp3) is 0.625. The van der Waals surface area contributed by atoms with Crippen molar-refractivity contribution in [3.63, 3.8) is 0 Å². The summed E-state index contributed by atoms with van der Waals surface area (Å²) in [4.78, 5) is 2.14. The van der Waals surface area contributed by atoms with E-state index in [4.69, 9.17) is 0 Å². The van der Waals surface area contributed by atoms with Crippen molar-refractivity contribution in [1.29, 1.82) is 0 Å². The summed E-state index contributed by atoms with van der Waals surface area (Å²) < 4.78 is 13.3. The van der Waals surface area contributed by atoms with Crippen molar-refractivity contribution in [2.45, 2.75) is 38.8 Å². The van der Waals surface area contributed by atoms with E-state index in [0.29, 0.717) is 0 Å². The molecular weight excluding hydrogens is 255 g/mol. The SMILES string of the molecule is CCNC(CCN(C)C(C)(C)CO)c1cccc(F)c1. The molecule has 114 valence electrons. The monoisotopic (exact) mass is 282 g/mol. The molecule has 0 heterocycles. The summed E-state index contributed by atoms with van der Waals surface area (Å²) in [5, 5.41) is 12.8. The lowest BCUT2D eigenvalue weighted by Crippen LogP contribution is -2.45. The van der Waals surface area contributed by atoms with Gasteiger partial charge < -0.3 is 10.4 Å². The number of rotatable bonds is 8. The second-order valence-corrected chi connectivity index (χ2v) is 5.85. The first-order valence-electron chi connectivity index (χ1n) is 7.21. The smallest absolute Gasteiger partial charge is 0.123 e. The average molecular weight is 282 g/mol. The third-order valence-corrected chi connectivity index (χ3v) is 3.88. The molecule has 0 radical (unpaired) electrons. The van der Waals surface area contributed by atoms with Gasteiger partial charge in [0.25, 0.3) is 0 Å². The molecule has 1 atom stereocenters. The highest BCUT2D eigenvalue weighted by Crippen LogP contribution is 2.20. The summed E-state index contributed by atoms with van der Waals surface area (Å²) in [6.07, 6.45) is 0.872. The van der Waals surface area contributed by atoms with Gasteiger partial charge in [0.15, 0.2) is 0 Å². The minimum Gasteiger partial charge on any atom is -0.394 e. The van der Waals surface area contributed by atoms with Gasteiger partial charge in [-0.05, 0) is 51.6 Å². The molecule has 0 fully saturated rings. The molecule has 0 aliphatic carbocycles. The third-order valence-electron chi connectivity index (χ3n) is 3.88. The quantitative estimate of drug-likeness (QED) is 0.769. The van der Waals surface area contributed by atoms with Gasteiger partial charge in [0.05, 0.1) is 6.61 Å². The van der Waals surface area contributed by atoms with Crippen LogP contribution in [-0.2, 0) is 0 Å². The number of halogens is 1. The van der Waals surface area contributed by atoms with Crippen LogP contribution in [0.3, 0.4) is 0 Å². The highest BCUT2D eigenvalue weighted by atomic mass is 19.1. The Morgan fingerprint density at radius 1 is 1.40 bits per heavy atom. The average Bonchev–Trinajstić information content (AvgIpc) is 2.43. The van der Waals surface area contributed by atoms with Crippen LogP contribution in [0.4, 0.5) is 4.39 Å². The van der Waals surface area contributed by atoms with Crippen LogP contribution in [-0.4, -0.2) is 42.3 Å². The summed E-state index contributed by atoms with van der Waals surface area (Å²) >= 11 is 0. The van der Waals surface area contributed by atoms with Gasteiger partial charge >= 0.3 is 0 Å². The maximum absolute atomic E-state index is 13.3. The number of aliphatic hydroxyl groups excluding tert-OH is 1. The lowest BCUT2D eigenvalue weighted by molar-refractivity contribution is 0.0758. The zero-order valence-electron chi connectivity index (χ0n) is 13.0. The maximum Gasteiger partial charge on any atom is 0.123 e. The maximum atomic E-state index is 13.3. The van der Waals surface area contributed by atoms with Crippen LogP contribution in [0.25, 0.3) is 0 Å². The lowest BCUT2D eigenvalue weighted by Gasteiger charge is -2.35. The summed E-state index contributed by atoms with van der Waals surface area (Å²) in [6.45, 7) is 7.87. The molecule has 0 saturated carbocycles. The first-order chi connectivity index (χ1) is 9.40. The first-order valence-corrected chi connectivity index (χ1v) is 7.21. The molecule has 0 bridgehead atoms. The van der Waals surface area contributed by atoms with Crippen LogP contribution < -0.4 is 5.32 Å². The zero-order chi connectivity index (χ0) is 15.2. The number of benzene rings is 1. The van der Waals surface area contributed by atoms with E-state index in [0.717, 1.165) is 25.1 Å². The van der Waals surface area contributed by atoms with E-state index in [1.807, 2.05) is 33.9 Å². The van der Waals surface area contributed by atoms with E-state index in [1.54, 1.807) is 12.1 Å². The van der Waals surface area contributed by atoms with Crippen molar-refractivity contribution in [3.8, 4) is 0 Å². The highest BCUT2D eigenvalue weighted by Gasteiger charge is 2.23. The number of aliphatic hydroxyl groups is 1. The Labute approximate surface area is 121 Å². The highest BCUT2D eigenvalue weighted by molar-refractivity contribution is 5.20. The van der Waals surface area contributed by atoms with E-state index >= 15 is 0 Å². The second kappa shape index (κ2) is 7.72. The molecule has 2 N–H and O–H groups in total. The predicted octanol–water partition coefficient (Wildman–Crippen LogP) is 2.57. The van der Waals surface area contributed by atoms with Gasteiger partial charge in [0.2, 0.25) is 0 Å². The van der Waals surface area contributed by atoms with Gasteiger partial charge in [-0.25, -0.2) is 4.39 Å². The van der Waals surface area contributed by atoms with Gasteiger partial charge in [0.1, 0.15) is 5.82 Å². The van der Waals surface area contributed by atoms with Crippen LogP contribution >= 0.6 is 0 Å². The summed E-state index contributed by atoms with van der Waals surface area (Å²) in [5.74, 6) is -0.200. The second-order valence-electron chi connectivity index (χ2n) is 5.85. The predicted molar refractivity (Wildman–Crippen MR) is 81.2 cm³/mol. The van der Waals surface area contributed by atoms with Crippen molar-refractivity contribution in [3.05, 3.63) is 35.6 Å². The largest absolute Gasteiger partial charge is 0.394 e. The standard InChI is InChI=1S/C16H27FN2O/c1-5-18-15(13-7-6-8-14(17)11-13)9-10-19(4)16(2,3)12-20/h6-8,11,15,18,20H,5,9-10,12H2,1-4H3. The molecule has 1 rings (SSSR count). The van der Waals surface area contributed by atoms with E-state index in [1.165, 1.54) is 6.07 Å². The number of nitrogens with one attached hydrogen (secondary N) is 1. The van der Waals surface area contributed by atoms with Crippen LogP contribution in [0.5, 0.6) is 0 Å². The van der Waals surface area contributed by atoms with Gasteiger partial charge in [-0.15, -0.1) is 0 Å². The van der Waals surface area contributed by atoms with Crippen LogP contribution in [0.2, 0.25) is 0 Å². The topological polar surface area (TPSA) is 35.5 Å². The van der Waals surface area contributed by atoms with Crippen molar-refractivity contribution in [2.75, 3.05) is 26.7 Å². The third kappa shape index (κ3) is 4.85. The van der Waals surface area contributed by atoms with E-state index in [2.05, 4.69) is 10.2 Å². The molecule has 1 aromatic carbocycles. The molecule has 0 amide bonds. The van der Waals surface area contributed by atoms with Crippen molar-refractivity contribution < 1.29 is 9.50 Å². The molecule has 0 aliphatic heterocycles. The van der Waals surface area contributed by atoms with Crippen molar-refractivity contribution in [2.24, 2.45) is 0 Å². The van der Waals surface area contributed by atoms with E-state index in [9.17, 15) is 9.50 Å². The minimum atomic E-state index is -0.237. The molecule has 0 saturated heterocycles. The Kier molecular flexibility index (Phi) is 6.59. The lowest BCUT2D eigenvalue weighted by atomic mass is 10.0. The molecule has 4 heteroatoms. The summed E-state index contributed by atoms with van der Waals surface area (Å²) in [6, 6.07) is 6.88. The van der Waals surface area contributed by atoms with Gasteiger partial charge in [-0.1, -0.05) is 19.1 Å². The molecule has 1 unspecified atom stereocenters. The zero-order valence-corrected chi connectivity index (χ0v) is 13.0. The van der Waals surface area contributed by atoms with Crippen molar-refractivity contribution in [1.82, 2.24) is 10.2 Å². The number of hydrogen-bond donors (Lipinski definition) is 2. The molecular formula is C16H27FN2O. The van der Waals surface area contributed by atoms with Crippen molar-refractivity contribution >= 4 is 0 Å². The van der Waals surface area contributed by atoms with E-state index < -0.39 is 0 Å². The summed E-state index contributed by atoms with van der Waals surface area (Å²) in [7, 11) is 2.00. The number of nitrogens with zero attached hydrogens (tertiary/aromatic N) is 1. The Hall–Kier alpha value is -0.970. The number of likely N-dealkylation sites (N-methyl/N-ethyl adjacent to an activating group) is 1. The van der Waals surface area contributed by atoms with Crippen LogP contribution in [0, 0.1) is 5.82 Å².